The summed E-state index contributed by atoms with van der Waals surface area (Å²) in [6.07, 6.45) is 3.25. The van der Waals surface area contributed by atoms with E-state index in [0.29, 0.717) is 26.2 Å². The van der Waals surface area contributed by atoms with E-state index in [-0.39, 0.29) is 18.3 Å². The molecule has 29 heavy (non-hydrogen) atoms. The zero-order valence-corrected chi connectivity index (χ0v) is 17.2. The van der Waals surface area contributed by atoms with Crippen molar-refractivity contribution >= 4 is 51.0 Å². The van der Waals surface area contributed by atoms with Crippen molar-refractivity contribution in [2.75, 3.05) is 43.4 Å². The van der Waals surface area contributed by atoms with Crippen LogP contribution in [0.5, 0.6) is 0 Å². The zero-order valence-electron chi connectivity index (χ0n) is 15.6. The van der Waals surface area contributed by atoms with Crippen LogP contribution in [0, 0.1) is 0 Å². The predicted octanol–water partition coefficient (Wildman–Crippen LogP) is 2.07. The van der Waals surface area contributed by atoms with Crippen LogP contribution in [0.2, 0.25) is 0 Å². The van der Waals surface area contributed by atoms with E-state index in [0.717, 1.165) is 21.1 Å². The molecule has 4 heterocycles. The van der Waals surface area contributed by atoms with Crippen LogP contribution in [0.1, 0.15) is 0 Å². The van der Waals surface area contributed by atoms with Crippen LogP contribution >= 0.6 is 23.1 Å². The van der Waals surface area contributed by atoms with E-state index in [4.69, 9.17) is 4.74 Å². The van der Waals surface area contributed by atoms with Crippen molar-refractivity contribution in [3.63, 3.8) is 0 Å². The fourth-order valence-electron chi connectivity index (χ4n) is 3.01. The van der Waals surface area contributed by atoms with E-state index in [9.17, 15) is 9.59 Å². The standard InChI is InChI=1S/C19H19N5O3S2/c25-16(24-8-6-23(7-9-24)15-3-1-2-5-20-15)11-27-17(26)12-29-19-14-4-10-28-18(14)21-13-22-19/h1-5,10,13H,6-9,11-12H2. The highest BCUT2D eigenvalue weighted by molar-refractivity contribution is 8.00. The third kappa shape index (κ3) is 4.83. The van der Waals surface area contributed by atoms with Crippen molar-refractivity contribution in [3.05, 3.63) is 42.2 Å². The van der Waals surface area contributed by atoms with Crippen LogP contribution in [0.3, 0.4) is 0 Å². The lowest BCUT2D eigenvalue weighted by atomic mass is 10.3. The summed E-state index contributed by atoms with van der Waals surface area (Å²) >= 11 is 2.82. The van der Waals surface area contributed by atoms with Crippen molar-refractivity contribution < 1.29 is 14.3 Å². The van der Waals surface area contributed by atoms with Crippen LogP contribution < -0.4 is 4.90 Å². The van der Waals surface area contributed by atoms with Gasteiger partial charge in [-0.05, 0) is 23.6 Å². The fourth-order valence-corrected chi connectivity index (χ4v) is 4.59. The number of ether oxygens (including phenoxy) is 1. The SMILES string of the molecule is O=C(CSc1ncnc2sccc12)OCC(=O)N1CCN(c2ccccn2)CC1. The van der Waals surface area contributed by atoms with Gasteiger partial charge in [0.25, 0.3) is 5.91 Å². The summed E-state index contributed by atoms with van der Waals surface area (Å²) in [5, 5.41) is 3.61. The van der Waals surface area contributed by atoms with Gasteiger partial charge in [0.1, 0.15) is 22.0 Å². The van der Waals surface area contributed by atoms with Gasteiger partial charge >= 0.3 is 5.97 Å². The number of aromatic nitrogens is 3. The van der Waals surface area contributed by atoms with Gasteiger partial charge in [-0.15, -0.1) is 11.3 Å². The van der Waals surface area contributed by atoms with Gasteiger partial charge in [-0.1, -0.05) is 17.8 Å². The highest BCUT2D eigenvalue weighted by Crippen LogP contribution is 2.27. The van der Waals surface area contributed by atoms with Gasteiger partial charge in [-0.25, -0.2) is 15.0 Å². The molecule has 150 valence electrons. The van der Waals surface area contributed by atoms with Gasteiger partial charge in [0, 0.05) is 37.8 Å². The van der Waals surface area contributed by atoms with E-state index < -0.39 is 5.97 Å². The molecule has 0 saturated carbocycles. The van der Waals surface area contributed by atoms with E-state index in [2.05, 4.69) is 19.9 Å². The molecule has 0 unspecified atom stereocenters. The summed E-state index contributed by atoms with van der Waals surface area (Å²) < 4.78 is 5.17. The first kappa shape index (κ1) is 19.6. The normalized spacial score (nSPS) is 14.2. The summed E-state index contributed by atoms with van der Waals surface area (Å²) in [6.45, 7) is 2.34. The molecule has 1 saturated heterocycles. The Labute approximate surface area is 175 Å². The Morgan fingerprint density at radius 3 is 2.76 bits per heavy atom. The summed E-state index contributed by atoms with van der Waals surface area (Å²) in [7, 11) is 0. The molecule has 8 nitrogen and oxygen atoms in total. The van der Waals surface area contributed by atoms with Crippen molar-refractivity contribution in [3.8, 4) is 0 Å². The molecule has 1 fully saturated rings. The van der Waals surface area contributed by atoms with E-state index in [1.807, 2.05) is 29.6 Å². The van der Waals surface area contributed by atoms with Gasteiger partial charge in [0.05, 0.1) is 5.75 Å². The Hall–Kier alpha value is -2.72. The highest BCUT2D eigenvalue weighted by Gasteiger charge is 2.22. The number of carbonyl (C=O) groups excluding carboxylic acids is 2. The van der Waals surface area contributed by atoms with Gasteiger partial charge in [-0.2, -0.15) is 0 Å². The first-order chi connectivity index (χ1) is 14.2. The monoisotopic (exact) mass is 429 g/mol. The number of amides is 1. The number of hydrogen-bond donors (Lipinski definition) is 0. The maximum absolute atomic E-state index is 12.3. The highest BCUT2D eigenvalue weighted by atomic mass is 32.2. The minimum atomic E-state index is -0.433. The first-order valence-electron chi connectivity index (χ1n) is 9.11. The molecule has 0 atom stereocenters. The van der Waals surface area contributed by atoms with Crippen molar-refractivity contribution in [2.45, 2.75) is 5.03 Å². The van der Waals surface area contributed by atoms with Crippen LogP contribution in [0.4, 0.5) is 5.82 Å². The molecule has 0 bridgehead atoms. The van der Waals surface area contributed by atoms with Crippen molar-refractivity contribution in [1.82, 2.24) is 19.9 Å². The van der Waals surface area contributed by atoms with Crippen molar-refractivity contribution in [1.29, 1.82) is 0 Å². The van der Waals surface area contributed by atoms with Gasteiger partial charge in [0.2, 0.25) is 0 Å². The average molecular weight is 430 g/mol. The van der Waals surface area contributed by atoms with Crippen LogP contribution in [0.15, 0.2) is 47.2 Å². The van der Waals surface area contributed by atoms with E-state index >= 15 is 0 Å². The minimum absolute atomic E-state index is 0.0999. The lowest BCUT2D eigenvalue weighted by Crippen LogP contribution is -2.50. The Morgan fingerprint density at radius 2 is 1.97 bits per heavy atom. The molecular formula is C19H19N5O3S2. The van der Waals surface area contributed by atoms with E-state index in [1.54, 1.807) is 11.1 Å². The molecule has 1 aliphatic heterocycles. The number of rotatable bonds is 6. The Kier molecular flexibility index (Phi) is 6.20. The van der Waals surface area contributed by atoms with Gasteiger partial charge in [-0.3, -0.25) is 9.59 Å². The number of thioether (sulfide) groups is 1. The molecule has 3 aromatic rings. The van der Waals surface area contributed by atoms with Crippen LogP contribution in [-0.4, -0.2) is 70.3 Å². The number of thiophene rings is 1. The number of carbonyl (C=O) groups is 2. The molecule has 0 N–H and O–H groups in total. The van der Waals surface area contributed by atoms with Gasteiger partial charge in [0.15, 0.2) is 6.61 Å². The third-order valence-corrected chi connectivity index (χ3v) is 6.31. The molecule has 0 aromatic carbocycles. The van der Waals surface area contributed by atoms with Crippen LogP contribution in [-0.2, 0) is 14.3 Å². The maximum Gasteiger partial charge on any atom is 0.316 e. The smallest absolute Gasteiger partial charge is 0.316 e. The topological polar surface area (TPSA) is 88.5 Å². The van der Waals surface area contributed by atoms with E-state index in [1.165, 1.54) is 29.4 Å². The summed E-state index contributed by atoms with van der Waals surface area (Å²) in [5.41, 5.74) is 0. The minimum Gasteiger partial charge on any atom is -0.455 e. The quantitative estimate of drug-likeness (QED) is 0.334. The number of piperazine rings is 1. The molecule has 10 heteroatoms. The number of esters is 1. The average Bonchev–Trinajstić information content (AvgIpc) is 3.26. The molecule has 1 aliphatic rings. The molecule has 0 radical (unpaired) electrons. The Morgan fingerprint density at radius 1 is 1.10 bits per heavy atom. The second-order valence-electron chi connectivity index (χ2n) is 6.32. The summed E-state index contributed by atoms with van der Waals surface area (Å²) in [6, 6.07) is 7.71. The molecular weight excluding hydrogens is 410 g/mol. The molecule has 4 rings (SSSR count). The summed E-state index contributed by atoms with van der Waals surface area (Å²) in [5.74, 6) is 0.402. The largest absolute Gasteiger partial charge is 0.455 e. The number of pyridine rings is 1. The molecule has 0 spiro atoms. The number of anilines is 1. The second kappa shape index (κ2) is 9.19. The maximum atomic E-state index is 12.3. The number of hydrogen-bond acceptors (Lipinski definition) is 9. The Balaban J connectivity index is 1.21. The third-order valence-electron chi connectivity index (χ3n) is 4.51. The number of nitrogens with zero attached hydrogens (tertiary/aromatic N) is 5. The number of fused-ring (bicyclic) bond motifs is 1. The van der Waals surface area contributed by atoms with Crippen LogP contribution in [0.25, 0.3) is 10.2 Å². The zero-order chi connectivity index (χ0) is 20.1. The predicted molar refractivity (Wildman–Crippen MR) is 112 cm³/mol. The molecule has 1 amide bonds. The second-order valence-corrected chi connectivity index (χ2v) is 8.18. The lowest BCUT2D eigenvalue weighted by Gasteiger charge is -2.35. The first-order valence-corrected chi connectivity index (χ1v) is 11.0. The molecule has 3 aromatic heterocycles. The molecule has 0 aliphatic carbocycles. The van der Waals surface area contributed by atoms with Crippen molar-refractivity contribution in [2.24, 2.45) is 0 Å². The Bertz CT molecular complexity index is 990. The fraction of sp³-hybridized carbons (Fsp3) is 0.316. The summed E-state index contributed by atoms with van der Waals surface area (Å²) in [4.78, 5) is 41.9. The van der Waals surface area contributed by atoms with Gasteiger partial charge < -0.3 is 14.5 Å². The lowest BCUT2D eigenvalue weighted by molar-refractivity contribution is -0.150.